The van der Waals surface area contributed by atoms with E-state index >= 15 is 0 Å². The van der Waals surface area contributed by atoms with Crippen molar-refractivity contribution in [2.24, 2.45) is 0 Å². The average Bonchev–Trinajstić information content (AvgIpc) is 2.80. The standard InChI is InChI=1S/C23H20F2N4O6/c1-26-21(30)18-3-2-12(10-27-18)6-14-7-16-13(8-19(14)35-23(32,33)34)4-5-29(22(16)31)20-17(25)9-15(24)11-28-20/h2-3,7-11,32-34H,4-6H2,1H3,(H,26,30). The fourth-order valence-electron chi connectivity index (χ4n) is 3.75. The van der Waals surface area contributed by atoms with Crippen LogP contribution < -0.4 is 15.0 Å². The van der Waals surface area contributed by atoms with E-state index in [-0.39, 0.29) is 53.7 Å². The van der Waals surface area contributed by atoms with Gasteiger partial charge in [-0.15, -0.1) is 0 Å². The van der Waals surface area contributed by atoms with Crippen LogP contribution >= 0.6 is 0 Å². The molecule has 12 heteroatoms. The van der Waals surface area contributed by atoms with E-state index in [2.05, 4.69) is 15.3 Å². The average molecular weight is 486 g/mol. The number of ether oxygens (including phenoxy) is 1. The molecule has 2 amide bonds. The van der Waals surface area contributed by atoms with Crippen LogP contribution in [0.2, 0.25) is 0 Å². The van der Waals surface area contributed by atoms with Gasteiger partial charge in [-0.25, -0.2) is 13.8 Å². The summed E-state index contributed by atoms with van der Waals surface area (Å²) in [7, 11) is 1.47. The molecule has 0 aliphatic carbocycles. The summed E-state index contributed by atoms with van der Waals surface area (Å²) < 4.78 is 32.4. The van der Waals surface area contributed by atoms with Crippen LogP contribution in [0.4, 0.5) is 14.6 Å². The number of amides is 2. The Labute approximate surface area is 197 Å². The van der Waals surface area contributed by atoms with Gasteiger partial charge in [0.15, 0.2) is 11.6 Å². The quantitative estimate of drug-likeness (QED) is 0.376. The third-order valence-corrected chi connectivity index (χ3v) is 5.34. The summed E-state index contributed by atoms with van der Waals surface area (Å²) >= 11 is 0. The summed E-state index contributed by atoms with van der Waals surface area (Å²) in [5.41, 5.74) is 1.64. The molecule has 0 unspecified atom stereocenters. The Morgan fingerprint density at radius 1 is 1.17 bits per heavy atom. The number of aromatic nitrogens is 2. The van der Waals surface area contributed by atoms with Gasteiger partial charge in [-0.05, 0) is 41.3 Å². The fraction of sp³-hybridized carbons (Fsp3) is 0.217. The molecule has 0 bridgehead atoms. The van der Waals surface area contributed by atoms with Gasteiger partial charge in [0.25, 0.3) is 11.8 Å². The monoisotopic (exact) mass is 486 g/mol. The zero-order valence-corrected chi connectivity index (χ0v) is 18.3. The first-order valence-corrected chi connectivity index (χ1v) is 10.4. The molecule has 3 aromatic rings. The Morgan fingerprint density at radius 3 is 2.57 bits per heavy atom. The molecule has 0 fully saturated rings. The maximum Gasteiger partial charge on any atom is 0.453 e. The molecule has 10 nitrogen and oxygen atoms in total. The molecule has 0 saturated carbocycles. The zero-order chi connectivity index (χ0) is 25.3. The van der Waals surface area contributed by atoms with Crippen LogP contribution in [0.5, 0.6) is 5.75 Å². The van der Waals surface area contributed by atoms with Crippen LogP contribution in [0.1, 0.15) is 37.5 Å². The van der Waals surface area contributed by atoms with Crippen molar-refractivity contribution in [2.75, 3.05) is 18.5 Å². The molecule has 0 saturated heterocycles. The fourth-order valence-corrected chi connectivity index (χ4v) is 3.75. The van der Waals surface area contributed by atoms with E-state index < -0.39 is 23.7 Å². The minimum absolute atomic E-state index is 0.0214. The first-order valence-electron chi connectivity index (χ1n) is 10.4. The van der Waals surface area contributed by atoms with E-state index in [0.29, 0.717) is 17.2 Å². The highest BCUT2D eigenvalue weighted by molar-refractivity contribution is 6.08. The van der Waals surface area contributed by atoms with Crippen LogP contribution in [-0.2, 0) is 12.8 Å². The van der Waals surface area contributed by atoms with Gasteiger partial charge in [0.2, 0.25) is 0 Å². The van der Waals surface area contributed by atoms with Crippen molar-refractivity contribution in [1.29, 1.82) is 0 Å². The number of hydrogen-bond donors (Lipinski definition) is 4. The molecular formula is C23H20F2N4O6. The molecule has 0 atom stereocenters. The Bertz CT molecular complexity index is 1290. The largest absolute Gasteiger partial charge is 0.453 e. The lowest BCUT2D eigenvalue weighted by Gasteiger charge is -2.29. The lowest BCUT2D eigenvalue weighted by Crippen LogP contribution is -2.39. The molecule has 35 heavy (non-hydrogen) atoms. The van der Waals surface area contributed by atoms with Gasteiger partial charge in [-0.2, -0.15) is 0 Å². The molecule has 1 aromatic carbocycles. The Morgan fingerprint density at radius 2 is 1.94 bits per heavy atom. The number of anilines is 1. The smallest absolute Gasteiger partial charge is 0.417 e. The highest BCUT2D eigenvalue weighted by Gasteiger charge is 2.31. The maximum atomic E-state index is 14.3. The number of fused-ring (bicyclic) bond motifs is 1. The first-order chi connectivity index (χ1) is 16.6. The maximum absolute atomic E-state index is 14.3. The number of pyridine rings is 2. The predicted octanol–water partition coefficient (Wildman–Crippen LogP) is 0.875. The number of halogens is 2. The van der Waals surface area contributed by atoms with Crippen LogP contribution in [0.25, 0.3) is 0 Å². The van der Waals surface area contributed by atoms with Crippen molar-refractivity contribution < 1.29 is 38.4 Å². The molecule has 1 aliphatic rings. The molecule has 0 radical (unpaired) electrons. The van der Waals surface area contributed by atoms with Crippen molar-refractivity contribution in [1.82, 2.24) is 15.3 Å². The molecule has 182 valence electrons. The minimum atomic E-state index is -3.48. The number of aliphatic hydroxyl groups is 3. The number of benzene rings is 1. The van der Waals surface area contributed by atoms with Gasteiger partial charge >= 0.3 is 6.16 Å². The Hall–Kier alpha value is -4.00. The van der Waals surface area contributed by atoms with E-state index in [1.165, 1.54) is 31.4 Å². The van der Waals surface area contributed by atoms with E-state index in [1.54, 1.807) is 6.07 Å². The van der Waals surface area contributed by atoms with Crippen molar-refractivity contribution in [3.63, 3.8) is 0 Å². The number of rotatable bonds is 6. The van der Waals surface area contributed by atoms with Gasteiger partial charge in [0.1, 0.15) is 17.3 Å². The number of nitrogens with one attached hydrogen (secondary N) is 1. The van der Waals surface area contributed by atoms with Crippen molar-refractivity contribution in [3.05, 3.63) is 82.3 Å². The van der Waals surface area contributed by atoms with Gasteiger partial charge in [-0.3, -0.25) is 19.5 Å². The normalized spacial score (nSPS) is 13.4. The van der Waals surface area contributed by atoms with Gasteiger partial charge in [-0.1, -0.05) is 6.07 Å². The molecular weight excluding hydrogens is 466 g/mol. The van der Waals surface area contributed by atoms with Crippen molar-refractivity contribution in [2.45, 2.75) is 19.0 Å². The predicted molar refractivity (Wildman–Crippen MR) is 116 cm³/mol. The van der Waals surface area contributed by atoms with Gasteiger partial charge in [0.05, 0.1) is 6.20 Å². The lowest BCUT2D eigenvalue weighted by molar-refractivity contribution is -0.419. The van der Waals surface area contributed by atoms with Crippen LogP contribution in [0.3, 0.4) is 0 Å². The summed E-state index contributed by atoms with van der Waals surface area (Å²) in [5.74, 6) is -3.29. The second-order valence-corrected chi connectivity index (χ2v) is 7.77. The molecule has 2 aromatic heterocycles. The SMILES string of the molecule is CNC(=O)c1ccc(Cc2cc3c(cc2OC(O)(O)O)CCN(c2ncc(F)cc2F)C3=O)cn1. The van der Waals surface area contributed by atoms with E-state index in [1.807, 2.05) is 0 Å². The summed E-state index contributed by atoms with van der Waals surface area (Å²) in [4.78, 5) is 33.7. The minimum Gasteiger partial charge on any atom is -0.417 e. The highest BCUT2D eigenvalue weighted by atomic mass is 19.1. The molecule has 4 rings (SSSR count). The van der Waals surface area contributed by atoms with Crippen LogP contribution in [0.15, 0.2) is 42.7 Å². The first kappa shape index (κ1) is 24.1. The second-order valence-electron chi connectivity index (χ2n) is 7.77. The Balaban J connectivity index is 1.71. The van der Waals surface area contributed by atoms with Crippen molar-refractivity contribution >= 4 is 17.6 Å². The van der Waals surface area contributed by atoms with E-state index in [4.69, 9.17) is 4.74 Å². The number of carbonyl (C=O) groups is 2. The number of nitrogens with zero attached hydrogens (tertiary/aromatic N) is 3. The van der Waals surface area contributed by atoms with Crippen LogP contribution in [-0.4, -0.2) is 56.9 Å². The molecule has 4 N–H and O–H groups in total. The molecule has 1 aliphatic heterocycles. The zero-order valence-electron chi connectivity index (χ0n) is 18.3. The molecule has 3 heterocycles. The third kappa shape index (κ3) is 5.24. The Kier molecular flexibility index (Phi) is 6.43. The highest BCUT2D eigenvalue weighted by Crippen LogP contribution is 2.33. The number of carbonyl (C=O) groups excluding carboxylic acids is 2. The molecule has 0 spiro atoms. The second kappa shape index (κ2) is 9.33. The summed E-state index contributed by atoms with van der Waals surface area (Å²) in [5, 5.41) is 30.5. The van der Waals surface area contributed by atoms with Crippen molar-refractivity contribution in [3.8, 4) is 5.75 Å². The van der Waals surface area contributed by atoms with E-state index in [0.717, 1.165) is 11.1 Å². The van der Waals surface area contributed by atoms with Crippen LogP contribution in [0, 0.1) is 11.6 Å². The summed E-state index contributed by atoms with van der Waals surface area (Å²) in [6.45, 7) is 0.0214. The topological polar surface area (TPSA) is 145 Å². The van der Waals surface area contributed by atoms with E-state index in [9.17, 15) is 33.7 Å². The third-order valence-electron chi connectivity index (χ3n) is 5.34. The summed E-state index contributed by atoms with van der Waals surface area (Å²) in [6.07, 6.45) is -0.966. The lowest BCUT2D eigenvalue weighted by atomic mass is 9.93. The van der Waals surface area contributed by atoms with Gasteiger partial charge < -0.3 is 25.4 Å². The summed E-state index contributed by atoms with van der Waals surface area (Å²) in [6, 6.07) is 6.51. The number of hydrogen-bond acceptors (Lipinski definition) is 8. The van der Waals surface area contributed by atoms with Gasteiger partial charge in [0, 0.05) is 37.8 Å².